The van der Waals surface area contributed by atoms with Crippen LogP contribution in [0.1, 0.15) is 11.1 Å². The molecule has 2 heterocycles. The molecule has 0 fully saturated rings. The Morgan fingerprint density at radius 2 is 0.926 bits per heavy atom. The van der Waals surface area contributed by atoms with E-state index in [-0.39, 0.29) is 0 Å². The molecule has 10 aromatic rings. The van der Waals surface area contributed by atoms with Crippen LogP contribution in [0.25, 0.3) is 94.4 Å². The molecule has 0 amide bonds. The summed E-state index contributed by atoms with van der Waals surface area (Å²) in [5, 5.41) is 4.98. The van der Waals surface area contributed by atoms with Gasteiger partial charge in [-0.25, -0.2) is 9.97 Å². The Hall–Kier alpha value is -7.10. The molecule has 54 heavy (non-hydrogen) atoms. The van der Waals surface area contributed by atoms with Crippen molar-refractivity contribution in [2.24, 2.45) is 0 Å². The van der Waals surface area contributed by atoms with Crippen LogP contribution in [0.4, 0.5) is 0 Å². The van der Waals surface area contributed by atoms with E-state index in [1.54, 1.807) is 0 Å². The normalized spacial score (nSPS) is 12.0. The van der Waals surface area contributed by atoms with Crippen molar-refractivity contribution in [1.82, 2.24) is 14.5 Å². The lowest BCUT2D eigenvalue weighted by molar-refractivity contribution is 1.13. The van der Waals surface area contributed by atoms with Gasteiger partial charge in [-0.05, 0) is 68.9 Å². The fraction of sp³-hybridized carbons (Fsp3) is 0.0196. The summed E-state index contributed by atoms with van der Waals surface area (Å²) in [6.45, 7) is 0. The molecule has 3 heteroatoms. The largest absolute Gasteiger partial charge is 0.309 e. The summed E-state index contributed by atoms with van der Waals surface area (Å²) in [6, 6.07) is 67.5. The van der Waals surface area contributed by atoms with E-state index in [4.69, 9.17) is 9.97 Å². The van der Waals surface area contributed by atoms with Crippen molar-refractivity contribution >= 4 is 32.6 Å². The lowest BCUT2D eigenvalue weighted by Gasteiger charge is -2.12. The molecule has 3 nitrogen and oxygen atoms in total. The van der Waals surface area contributed by atoms with Gasteiger partial charge in [-0.1, -0.05) is 158 Å². The molecule has 0 atom stereocenters. The second-order valence-corrected chi connectivity index (χ2v) is 14.2. The second-order valence-electron chi connectivity index (χ2n) is 14.2. The standard InChI is InChI=1S/C51H33N3/c1-3-12-33(13-4-1)34-22-24-35(25-23-34)49-46-32-45-41(18-11-19-44(45)50(46)53-51(52-49)36-14-5-2-6-15-36)39-27-26-38-31-40(29-28-37(38)30-39)54-47-20-9-7-16-42(47)43-17-8-10-21-48(43)54/h1-31H,32H2. The topological polar surface area (TPSA) is 30.7 Å². The Labute approximate surface area is 313 Å². The first-order valence-electron chi connectivity index (χ1n) is 18.5. The summed E-state index contributed by atoms with van der Waals surface area (Å²) in [5.74, 6) is 0.750. The van der Waals surface area contributed by atoms with Gasteiger partial charge in [0, 0.05) is 45.1 Å². The Morgan fingerprint density at radius 3 is 1.67 bits per heavy atom. The van der Waals surface area contributed by atoms with E-state index >= 15 is 0 Å². The van der Waals surface area contributed by atoms with E-state index in [1.807, 2.05) is 6.07 Å². The fourth-order valence-electron chi connectivity index (χ4n) is 8.47. The molecule has 0 saturated heterocycles. The van der Waals surface area contributed by atoms with Crippen molar-refractivity contribution in [2.75, 3.05) is 0 Å². The zero-order valence-electron chi connectivity index (χ0n) is 29.4. The summed E-state index contributed by atoms with van der Waals surface area (Å²) in [7, 11) is 0. The van der Waals surface area contributed by atoms with Gasteiger partial charge >= 0.3 is 0 Å². The molecule has 1 aliphatic rings. The Bertz CT molecular complexity index is 3000. The summed E-state index contributed by atoms with van der Waals surface area (Å²) >= 11 is 0. The third-order valence-electron chi connectivity index (χ3n) is 11.1. The number of hydrogen-bond acceptors (Lipinski definition) is 2. The smallest absolute Gasteiger partial charge is 0.160 e. The Kier molecular flexibility index (Phi) is 6.93. The van der Waals surface area contributed by atoms with Gasteiger partial charge in [0.2, 0.25) is 0 Å². The lowest BCUT2D eigenvalue weighted by Crippen LogP contribution is -1.99. The van der Waals surface area contributed by atoms with Crippen LogP contribution in [0.15, 0.2) is 188 Å². The molecule has 0 aliphatic heterocycles. The van der Waals surface area contributed by atoms with Crippen LogP contribution in [-0.4, -0.2) is 14.5 Å². The van der Waals surface area contributed by atoms with E-state index in [0.717, 1.165) is 34.8 Å². The molecule has 8 aromatic carbocycles. The highest BCUT2D eigenvalue weighted by atomic mass is 15.0. The van der Waals surface area contributed by atoms with E-state index in [9.17, 15) is 0 Å². The van der Waals surface area contributed by atoms with Gasteiger partial charge in [0.1, 0.15) is 0 Å². The van der Waals surface area contributed by atoms with Crippen molar-refractivity contribution in [1.29, 1.82) is 0 Å². The van der Waals surface area contributed by atoms with Crippen molar-refractivity contribution < 1.29 is 0 Å². The number of para-hydroxylation sites is 2. The molecule has 1 aliphatic carbocycles. The minimum Gasteiger partial charge on any atom is -0.309 e. The van der Waals surface area contributed by atoms with Crippen molar-refractivity contribution in [3.05, 3.63) is 199 Å². The zero-order valence-corrected chi connectivity index (χ0v) is 29.4. The van der Waals surface area contributed by atoms with Crippen LogP contribution in [0.5, 0.6) is 0 Å². The van der Waals surface area contributed by atoms with Gasteiger partial charge in [-0.2, -0.15) is 0 Å². The average Bonchev–Trinajstić information content (AvgIpc) is 3.80. The van der Waals surface area contributed by atoms with Gasteiger partial charge in [-0.3, -0.25) is 0 Å². The van der Waals surface area contributed by atoms with Gasteiger partial charge in [-0.15, -0.1) is 0 Å². The van der Waals surface area contributed by atoms with Gasteiger partial charge < -0.3 is 4.57 Å². The molecule has 0 bridgehead atoms. The SMILES string of the molecule is c1ccc(-c2ccc(-c3nc(-c4ccccc4)nc4c3Cc3c(-c5ccc6cc(-n7c8ccccc8c8ccccc87)ccc6c5)cccc3-4)cc2)cc1. The number of nitrogens with zero attached hydrogens (tertiary/aromatic N) is 3. The van der Waals surface area contributed by atoms with Crippen molar-refractivity contribution in [2.45, 2.75) is 6.42 Å². The molecule has 11 rings (SSSR count). The number of hydrogen-bond donors (Lipinski definition) is 0. The summed E-state index contributed by atoms with van der Waals surface area (Å²) < 4.78 is 2.39. The number of fused-ring (bicyclic) bond motifs is 7. The first-order chi connectivity index (χ1) is 26.8. The molecule has 2 aromatic heterocycles. The third-order valence-corrected chi connectivity index (χ3v) is 11.1. The van der Waals surface area contributed by atoms with Crippen LogP contribution in [0, 0.1) is 0 Å². The minimum absolute atomic E-state index is 0.750. The summed E-state index contributed by atoms with van der Waals surface area (Å²) in [4.78, 5) is 10.5. The van der Waals surface area contributed by atoms with Crippen molar-refractivity contribution in [3.8, 4) is 61.8 Å². The highest BCUT2D eigenvalue weighted by molar-refractivity contribution is 6.09. The van der Waals surface area contributed by atoms with Crippen LogP contribution in [0.2, 0.25) is 0 Å². The quantitative estimate of drug-likeness (QED) is 0.180. The van der Waals surface area contributed by atoms with Gasteiger partial charge in [0.15, 0.2) is 5.82 Å². The maximum Gasteiger partial charge on any atom is 0.160 e. The molecule has 0 unspecified atom stereocenters. The first kappa shape index (κ1) is 30.5. The van der Waals surface area contributed by atoms with E-state index in [0.29, 0.717) is 0 Å². The molecular formula is C51H33N3. The molecule has 0 saturated carbocycles. The van der Waals surface area contributed by atoms with Crippen LogP contribution >= 0.6 is 0 Å². The first-order valence-corrected chi connectivity index (χ1v) is 18.5. The maximum absolute atomic E-state index is 5.27. The molecular weight excluding hydrogens is 655 g/mol. The number of aromatic nitrogens is 3. The minimum atomic E-state index is 0.750. The summed E-state index contributed by atoms with van der Waals surface area (Å²) in [6.07, 6.45) is 0.774. The maximum atomic E-state index is 5.27. The molecule has 0 spiro atoms. The van der Waals surface area contributed by atoms with E-state index < -0.39 is 0 Å². The fourth-order valence-corrected chi connectivity index (χ4v) is 8.47. The van der Waals surface area contributed by atoms with Gasteiger partial charge in [0.25, 0.3) is 0 Å². The van der Waals surface area contributed by atoms with E-state index in [1.165, 1.54) is 77.2 Å². The van der Waals surface area contributed by atoms with Crippen molar-refractivity contribution in [3.63, 3.8) is 0 Å². The van der Waals surface area contributed by atoms with Crippen LogP contribution in [0.3, 0.4) is 0 Å². The average molecular weight is 688 g/mol. The highest BCUT2D eigenvalue weighted by Gasteiger charge is 2.28. The van der Waals surface area contributed by atoms with E-state index in [2.05, 4.69) is 187 Å². The zero-order chi connectivity index (χ0) is 35.6. The Morgan fingerprint density at radius 1 is 0.370 bits per heavy atom. The number of benzene rings is 8. The molecule has 0 radical (unpaired) electrons. The lowest BCUT2D eigenvalue weighted by atomic mass is 9.94. The van der Waals surface area contributed by atoms with Crippen LogP contribution in [-0.2, 0) is 6.42 Å². The van der Waals surface area contributed by atoms with Gasteiger partial charge in [0.05, 0.1) is 22.4 Å². The predicted molar refractivity (Wildman–Crippen MR) is 224 cm³/mol. The third kappa shape index (κ3) is 4.90. The predicted octanol–water partition coefficient (Wildman–Crippen LogP) is 13.0. The van der Waals surface area contributed by atoms with Crippen LogP contribution < -0.4 is 0 Å². The monoisotopic (exact) mass is 687 g/mol. The molecule has 252 valence electrons. The summed E-state index contributed by atoms with van der Waals surface area (Å²) in [5.41, 5.74) is 16.3. The highest BCUT2D eigenvalue weighted by Crippen LogP contribution is 2.45. The molecule has 0 N–H and O–H groups in total. The number of rotatable bonds is 5. The second kappa shape index (κ2) is 12.3. The Balaban J connectivity index is 1.01.